The Morgan fingerprint density at radius 3 is 2.61 bits per heavy atom. The first-order chi connectivity index (χ1) is 8.31. The Balaban J connectivity index is 2.85. The Hall–Kier alpha value is -1.56. The van der Waals surface area contributed by atoms with E-state index in [1.165, 1.54) is 13.0 Å². The van der Waals surface area contributed by atoms with Crippen LogP contribution in [0.2, 0.25) is 0 Å². The van der Waals surface area contributed by atoms with E-state index in [0.717, 1.165) is 0 Å². The van der Waals surface area contributed by atoms with Gasteiger partial charge in [0, 0.05) is 18.5 Å². The molecule has 18 heavy (non-hydrogen) atoms. The minimum atomic E-state index is -0.891. The predicted molar refractivity (Wildman–Crippen MR) is 69.4 cm³/mol. The van der Waals surface area contributed by atoms with Gasteiger partial charge in [0.05, 0.1) is 10.6 Å². The van der Waals surface area contributed by atoms with Crippen LogP contribution < -0.4 is 11.1 Å². The van der Waals surface area contributed by atoms with E-state index in [1.54, 1.807) is 6.92 Å². The van der Waals surface area contributed by atoms with Gasteiger partial charge in [-0.05, 0) is 25.5 Å². The number of amides is 1. The third kappa shape index (κ3) is 3.73. The molecular formula is C12H14F2N2OS. The van der Waals surface area contributed by atoms with Crippen molar-refractivity contribution in [2.75, 3.05) is 0 Å². The molecule has 0 heterocycles. The number of benzene rings is 1. The van der Waals surface area contributed by atoms with Crippen molar-refractivity contribution in [1.29, 1.82) is 0 Å². The normalized spacial score (nSPS) is 12.0. The summed E-state index contributed by atoms with van der Waals surface area (Å²) in [5.74, 6) is -2.18. The van der Waals surface area contributed by atoms with Crippen LogP contribution >= 0.6 is 12.2 Å². The summed E-state index contributed by atoms with van der Waals surface area (Å²) >= 11 is 4.71. The van der Waals surface area contributed by atoms with Crippen molar-refractivity contribution in [1.82, 2.24) is 5.32 Å². The molecule has 0 aromatic heterocycles. The number of rotatable bonds is 4. The third-order valence-electron chi connectivity index (χ3n) is 2.38. The molecule has 98 valence electrons. The molecule has 0 radical (unpaired) electrons. The first-order valence-corrected chi connectivity index (χ1v) is 5.77. The summed E-state index contributed by atoms with van der Waals surface area (Å²) in [5, 5.41) is 2.55. The number of aryl methyl sites for hydroxylation is 1. The second-order valence-electron chi connectivity index (χ2n) is 4.13. The molecule has 0 aliphatic heterocycles. The monoisotopic (exact) mass is 272 g/mol. The van der Waals surface area contributed by atoms with E-state index in [-0.39, 0.29) is 22.2 Å². The van der Waals surface area contributed by atoms with Gasteiger partial charge in [0.2, 0.25) is 0 Å². The van der Waals surface area contributed by atoms with Crippen LogP contribution in [0.1, 0.15) is 29.3 Å². The SMILES string of the molecule is Cc1cc(C(=O)NC(C)CC(N)=S)c(F)cc1F. The standard InChI is InChI=1S/C12H14F2N2OS/c1-6-3-8(10(14)5-9(6)13)12(17)16-7(2)4-11(15)18/h3,5,7H,4H2,1-2H3,(H2,15,18)(H,16,17). The lowest BCUT2D eigenvalue weighted by molar-refractivity contribution is 0.0937. The minimum Gasteiger partial charge on any atom is -0.393 e. The Morgan fingerprint density at radius 2 is 2.06 bits per heavy atom. The van der Waals surface area contributed by atoms with Gasteiger partial charge in [-0.3, -0.25) is 4.79 Å². The van der Waals surface area contributed by atoms with Crippen molar-refractivity contribution >= 4 is 23.1 Å². The molecule has 1 rings (SSSR count). The maximum Gasteiger partial charge on any atom is 0.254 e. The Bertz CT molecular complexity index is 491. The van der Waals surface area contributed by atoms with Gasteiger partial charge >= 0.3 is 0 Å². The number of hydrogen-bond acceptors (Lipinski definition) is 2. The summed E-state index contributed by atoms with van der Waals surface area (Å²) in [4.78, 5) is 12.0. The fourth-order valence-electron chi connectivity index (χ4n) is 1.49. The second kappa shape index (κ2) is 5.86. The highest BCUT2D eigenvalue weighted by Crippen LogP contribution is 2.14. The Morgan fingerprint density at radius 1 is 1.44 bits per heavy atom. The molecule has 1 amide bonds. The predicted octanol–water partition coefficient (Wildman–Crippen LogP) is 2.07. The molecule has 1 aromatic carbocycles. The first-order valence-electron chi connectivity index (χ1n) is 5.36. The van der Waals surface area contributed by atoms with E-state index >= 15 is 0 Å². The van der Waals surface area contributed by atoms with Crippen molar-refractivity contribution in [3.05, 3.63) is 34.9 Å². The maximum atomic E-state index is 13.4. The molecule has 0 saturated heterocycles. The molecule has 1 unspecified atom stereocenters. The van der Waals surface area contributed by atoms with Crippen LogP contribution in [0.3, 0.4) is 0 Å². The van der Waals surface area contributed by atoms with E-state index in [9.17, 15) is 13.6 Å². The summed E-state index contributed by atoms with van der Waals surface area (Å²) in [5.41, 5.74) is 5.36. The number of nitrogens with one attached hydrogen (secondary N) is 1. The number of carbonyl (C=O) groups is 1. The third-order valence-corrected chi connectivity index (χ3v) is 2.54. The highest BCUT2D eigenvalue weighted by molar-refractivity contribution is 7.80. The topological polar surface area (TPSA) is 55.1 Å². The number of hydrogen-bond donors (Lipinski definition) is 2. The number of carbonyl (C=O) groups excluding carboxylic acids is 1. The van der Waals surface area contributed by atoms with Gasteiger partial charge in [-0.2, -0.15) is 0 Å². The van der Waals surface area contributed by atoms with Gasteiger partial charge in [0.15, 0.2) is 0 Å². The van der Waals surface area contributed by atoms with Gasteiger partial charge in [-0.15, -0.1) is 0 Å². The molecule has 1 aromatic rings. The molecule has 0 spiro atoms. The zero-order valence-electron chi connectivity index (χ0n) is 10.1. The van der Waals surface area contributed by atoms with Crippen LogP contribution in [0.25, 0.3) is 0 Å². The summed E-state index contributed by atoms with van der Waals surface area (Å²) in [6.45, 7) is 3.16. The van der Waals surface area contributed by atoms with Gasteiger partial charge < -0.3 is 11.1 Å². The van der Waals surface area contributed by atoms with Crippen LogP contribution in [0.15, 0.2) is 12.1 Å². The lowest BCUT2D eigenvalue weighted by Gasteiger charge is -2.13. The molecule has 3 nitrogen and oxygen atoms in total. The van der Waals surface area contributed by atoms with E-state index in [2.05, 4.69) is 5.32 Å². The van der Waals surface area contributed by atoms with Crippen molar-refractivity contribution in [3.63, 3.8) is 0 Å². The van der Waals surface area contributed by atoms with Crippen LogP contribution in [-0.2, 0) is 0 Å². The number of thiocarbonyl (C=S) groups is 1. The van der Waals surface area contributed by atoms with E-state index in [4.69, 9.17) is 18.0 Å². The maximum absolute atomic E-state index is 13.4. The van der Waals surface area contributed by atoms with E-state index in [1.807, 2.05) is 0 Å². The molecule has 0 fully saturated rings. The second-order valence-corrected chi connectivity index (χ2v) is 4.65. The zero-order valence-corrected chi connectivity index (χ0v) is 10.9. The van der Waals surface area contributed by atoms with Crippen LogP contribution in [-0.4, -0.2) is 16.9 Å². The molecule has 3 N–H and O–H groups in total. The van der Waals surface area contributed by atoms with Gasteiger partial charge in [0.1, 0.15) is 11.6 Å². The van der Waals surface area contributed by atoms with Crippen LogP contribution in [0.4, 0.5) is 8.78 Å². The highest BCUT2D eigenvalue weighted by atomic mass is 32.1. The van der Waals surface area contributed by atoms with E-state index < -0.39 is 17.5 Å². The molecule has 6 heteroatoms. The van der Waals surface area contributed by atoms with Gasteiger partial charge in [-0.25, -0.2) is 8.78 Å². The smallest absolute Gasteiger partial charge is 0.254 e. The quantitative estimate of drug-likeness (QED) is 0.825. The highest BCUT2D eigenvalue weighted by Gasteiger charge is 2.16. The number of halogens is 2. The molecule has 0 aliphatic rings. The van der Waals surface area contributed by atoms with Crippen molar-refractivity contribution in [2.45, 2.75) is 26.3 Å². The molecule has 0 aliphatic carbocycles. The summed E-state index contributed by atoms with van der Waals surface area (Å²) in [6.07, 6.45) is 0.322. The van der Waals surface area contributed by atoms with Crippen molar-refractivity contribution < 1.29 is 13.6 Å². The zero-order chi connectivity index (χ0) is 13.9. The first kappa shape index (κ1) is 14.5. The average molecular weight is 272 g/mol. The Kier molecular flexibility index (Phi) is 4.72. The lowest BCUT2D eigenvalue weighted by atomic mass is 10.1. The minimum absolute atomic E-state index is 0.191. The fourth-order valence-corrected chi connectivity index (χ4v) is 1.74. The molecular weight excluding hydrogens is 258 g/mol. The van der Waals surface area contributed by atoms with Gasteiger partial charge in [-0.1, -0.05) is 12.2 Å². The summed E-state index contributed by atoms with van der Waals surface area (Å²) in [6, 6.07) is 1.57. The number of nitrogens with two attached hydrogens (primary N) is 1. The summed E-state index contributed by atoms with van der Waals surface area (Å²) < 4.78 is 26.5. The van der Waals surface area contributed by atoms with Crippen molar-refractivity contribution in [3.8, 4) is 0 Å². The lowest BCUT2D eigenvalue weighted by Crippen LogP contribution is -2.35. The van der Waals surface area contributed by atoms with Crippen molar-refractivity contribution in [2.24, 2.45) is 5.73 Å². The van der Waals surface area contributed by atoms with Gasteiger partial charge in [0.25, 0.3) is 5.91 Å². The average Bonchev–Trinajstić information content (AvgIpc) is 2.21. The van der Waals surface area contributed by atoms with E-state index in [0.29, 0.717) is 12.5 Å². The molecule has 1 atom stereocenters. The summed E-state index contributed by atoms with van der Waals surface area (Å²) in [7, 11) is 0. The molecule has 0 saturated carbocycles. The molecule has 0 bridgehead atoms. The largest absolute Gasteiger partial charge is 0.393 e. The van der Waals surface area contributed by atoms with Crippen LogP contribution in [0, 0.1) is 18.6 Å². The Labute approximate surface area is 109 Å². The fraction of sp³-hybridized carbons (Fsp3) is 0.333. The van der Waals surface area contributed by atoms with Crippen LogP contribution in [0.5, 0.6) is 0 Å².